The minimum Gasteiger partial charge on any atom is -0.295 e. The van der Waals surface area contributed by atoms with E-state index in [1.165, 1.54) is 0 Å². The molecule has 0 N–H and O–H groups in total. The van der Waals surface area contributed by atoms with Crippen LogP contribution in [0.4, 0.5) is 0 Å². The Morgan fingerprint density at radius 1 is 1.29 bits per heavy atom. The highest BCUT2D eigenvalue weighted by atomic mass is 16.1. The summed E-state index contributed by atoms with van der Waals surface area (Å²) in [5, 5.41) is 5.64. The predicted molar refractivity (Wildman–Crippen MR) is 69.4 cm³/mol. The number of aromatic nitrogens is 2. The molecular formula is C14H18N2O. The van der Waals surface area contributed by atoms with E-state index in [-0.39, 0.29) is 11.2 Å². The maximum Gasteiger partial charge on any atom is 0.159 e. The summed E-state index contributed by atoms with van der Waals surface area (Å²) in [4.78, 5) is 11.4. The molecule has 1 aromatic carbocycles. The monoisotopic (exact) mass is 230 g/mol. The van der Waals surface area contributed by atoms with Crippen LogP contribution in [0.25, 0.3) is 10.9 Å². The molecular weight excluding hydrogens is 212 g/mol. The molecule has 0 fully saturated rings. The summed E-state index contributed by atoms with van der Waals surface area (Å²) in [5.41, 5.74) is 2.84. The normalized spacial score (nSPS) is 12.1. The van der Waals surface area contributed by atoms with Crippen LogP contribution in [0.2, 0.25) is 0 Å². The van der Waals surface area contributed by atoms with Crippen molar-refractivity contribution in [1.29, 1.82) is 0 Å². The van der Waals surface area contributed by atoms with Crippen LogP contribution in [-0.4, -0.2) is 15.6 Å². The fraction of sp³-hybridized carbons (Fsp3) is 0.429. The molecule has 0 bridgehead atoms. The zero-order valence-electron chi connectivity index (χ0n) is 11.0. The van der Waals surface area contributed by atoms with E-state index in [4.69, 9.17) is 0 Å². The number of Topliss-reactive ketones (excluding diaryl/α,β-unsaturated/α-hetero) is 1. The third kappa shape index (κ3) is 1.97. The van der Waals surface area contributed by atoms with E-state index in [1.807, 2.05) is 29.9 Å². The zero-order valence-corrected chi connectivity index (χ0v) is 11.0. The molecule has 1 heterocycles. The maximum absolute atomic E-state index is 11.4. The first-order valence-electron chi connectivity index (χ1n) is 5.79. The van der Waals surface area contributed by atoms with Gasteiger partial charge in [-0.25, -0.2) is 0 Å². The molecule has 3 nitrogen and oxygen atoms in total. The Hall–Kier alpha value is -1.64. The van der Waals surface area contributed by atoms with E-state index >= 15 is 0 Å². The minimum absolute atomic E-state index is 0.0189. The SMILES string of the molecule is CC(=O)c1ccc2c(c1)c(C(C)(C)C)nn2C. The van der Waals surface area contributed by atoms with Gasteiger partial charge in [-0.05, 0) is 25.1 Å². The van der Waals surface area contributed by atoms with Gasteiger partial charge in [0.1, 0.15) is 0 Å². The lowest BCUT2D eigenvalue weighted by Gasteiger charge is -2.15. The lowest BCUT2D eigenvalue weighted by atomic mass is 9.89. The van der Waals surface area contributed by atoms with Gasteiger partial charge in [0.2, 0.25) is 0 Å². The van der Waals surface area contributed by atoms with Gasteiger partial charge >= 0.3 is 0 Å². The van der Waals surface area contributed by atoms with Crippen molar-refractivity contribution in [3.63, 3.8) is 0 Å². The Kier molecular flexibility index (Phi) is 2.57. The van der Waals surface area contributed by atoms with Crippen molar-refractivity contribution < 1.29 is 4.79 Å². The molecule has 90 valence electrons. The molecule has 0 saturated carbocycles. The number of hydrogen-bond acceptors (Lipinski definition) is 2. The quantitative estimate of drug-likeness (QED) is 0.706. The van der Waals surface area contributed by atoms with Gasteiger partial charge in [0.25, 0.3) is 0 Å². The highest BCUT2D eigenvalue weighted by Gasteiger charge is 2.21. The van der Waals surface area contributed by atoms with Crippen LogP contribution >= 0.6 is 0 Å². The van der Waals surface area contributed by atoms with Crippen molar-refractivity contribution in [2.45, 2.75) is 33.1 Å². The summed E-state index contributed by atoms with van der Waals surface area (Å²) in [5.74, 6) is 0.0932. The topological polar surface area (TPSA) is 34.9 Å². The average molecular weight is 230 g/mol. The molecule has 0 aliphatic rings. The van der Waals surface area contributed by atoms with E-state index in [0.717, 1.165) is 22.2 Å². The second kappa shape index (κ2) is 3.69. The Balaban J connectivity index is 2.78. The van der Waals surface area contributed by atoms with E-state index in [2.05, 4.69) is 25.9 Å². The van der Waals surface area contributed by atoms with Crippen molar-refractivity contribution in [2.75, 3.05) is 0 Å². The van der Waals surface area contributed by atoms with E-state index in [1.54, 1.807) is 6.92 Å². The fourth-order valence-electron chi connectivity index (χ4n) is 2.04. The van der Waals surface area contributed by atoms with Crippen molar-refractivity contribution in [2.24, 2.45) is 7.05 Å². The van der Waals surface area contributed by atoms with Gasteiger partial charge in [0.05, 0.1) is 11.2 Å². The standard InChI is InChI=1S/C14H18N2O/c1-9(17)10-6-7-12-11(8-10)13(14(2,3)4)15-16(12)5/h6-8H,1-5H3. The van der Waals surface area contributed by atoms with Gasteiger partial charge in [-0.3, -0.25) is 9.48 Å². The summed E-state index contributed by atoms with van der Waals surface area (Å²) in [6.45, 7) is 7.99. The molecule has 2 rings (SSSR count). The lowest BCUT2D eigenvalue weighted by molar-refractivity contribution is 0.101. The molecule has 17 heavy (non-hydrogen) atoms. The average Bonchev–Trinajstić information content (AvgIpc) is 2.55. The van der Waals surface area contributed by atoms with Crippen LogP contribution in [0.5, 0.6) is 0 Å². The number of nitrogens with zero attached hydrogens (tertiary/aromatic N) is 2. The van der Waals surface area contributed by atoms with E-state index < -0.39 is 0 Å². The van der Waals surface area contributed by atoms with E-state index in [0.29, 0.717) is 0 Å². The molecule has 2 aromatic rings. The van der Waals surface area contributed by atoms with Crippen LogP contribution < -0.4 is 0 Å². The van der Waals surface area contributed by atoms with Gasteiger partial charge in [-0.15, -0.1) is 0 Å². The first-order chi connectivity index (χ1) is 7.80. The van der Waals surface area contributed by atoms with Gasteiger partial charge < -0.3 is 0 Å². The Morgan fingerprint density at radius 2 is 1.94 bits per heavy atom. The van der Waals surface area contributed by atoms with Crippen molar-refractivity contribution in [3.05, 3.63) is 29.5 Å². The van der Waals surface area contributed by atoms with E-state index in [9.17, 15) is 4.79 Å². The van der Waals surface area contributed by atoms with Crippen LogP contribution in [0, 0.1) is 0 Å². The molecule has 0 aliphatic heterocycles. The molecule has 1 aromatic heterocycles. The number of carbonyl (C=O) groups excluding carboxylic acids is 1. The number of aryl methyl sites for hydroxylation is 1. The number of benzene rings is 1. The summed E-state index contributed by atoms with van der Waals surface area (Å²) >= 11 is 0. The molecule has 0 unspecified atom stereocenters. The van der Waals surface area contributed by atoms with Gasteiger partial charge in [0, 0.05) is 23.4 Å². The van der Waals surface area contributed by atoms with Crippen LogP contribution in [0.1, 0.15) is 43.7 Å². The number of hydrogen-bond donors (Lipinski definition) is 0. The first-order valence-corrected chi connectivity index (χ1v) is 5.79. The molecule has 3 heteroatoms. The Morgan fingerprint density at radius 3 is 2.47 bits per heavy atom. The van der Waals surface area contributed by atoms with Crippen molar-refractivity contribution in [3.8, 4) is 0 Å². The summed E-state index contributed by atoms with van der Waals surface area (Å²) < 4.78 is 1.87. The van der Waals surface area contributed by atoms with Gasteiger partial charge in [0.15, 0.2) is 5.78 Å². The fourth-order valence-corrected chi connectivity index (χ4v) is 2.04. The summed E-state index contributed by atoms with van der Waals surface area (Å²) in [6.07, 6.45) is 0. The third-order valence-corrected chi connectivity index (χ3v) is 2.97. The van der Waals surface area contributed by atoms with Gasteiger partial charge in [-0.2, -0.15) is 5.10 Å². The summed E-state index contributed by atoms with van der Waals surface area (Å²) in [6, 6.07) is 5.78. The molecule has 0 spiro atoms. The van der Waals surface area contributed by atoms with Gasteiger partial charge in [-0.1, -0.05) is 20.8 Å². The van der Waals surface area contributed by atoms with Crippen LogP contribution in [-0.2, 0) is 12.5 Å². The molecule has 0 amide bonds. The van der Waals surface area contributed by atoms with Crippen molar-refractivity contribution >= 4 is 16.7 Å². The second-order valence-electron chi connectivity index (χ2n) is 5.51. The first kappa shape index (κ1) is 11.8. The Bertz CT molecular complexity index is 588. The molecule has 0 aliphatic carbocycles. The summed E-state index contributed by atoms with van der Waals surface area (Å²) in [7, 11) is 1.94. The Labute approximate surface area is 101 Å². The zero-order chi connectivity index (χ0) is 12.8. The highest BCUT2D eigenvalue weighted by Crippen LogP contribution is 2.29. The highest BCUT2D eigenvalue weighted by molar-refractivity contribution is 5.98. The largest absolute Gasteiger partial charge is 0.295 e. The maximum atomic E-state index is 11.4. The third-order valence-electron chi connectivity index (χ3n) is 2.97. The molecule has 0 radical (unpaired) electrons. The number of rotatable bonds is 1. The number of carbonyl (C=O) groups is 1. The predicted octanol–water partition coefficient (Wildman–Crippen LogP) is 3.07. The van der Waals surface area contributed by atoms with Crippen LogP contribution in [0.3, 0.4) is 0 Å². The lowest BCUT2D eigenvalue weighted by Crippen LogP contribution is -2.12. The number of fused-ring (bicyclic) bond motifs is 1. The minimum atomic E-state index is -0.0189. The molecule has 0 saturated heterocycles. The van der Waals surface area contributed by atoms with Crippen LogP contribution in [0.15, 0.2) is 18.2 Å². The number of ketones is 1. The molecule has 0 atom stereocenters. The van der Waals surface area contributed by atoms with Crippen molar-refractivity contribution in [1.82, 2.24) is 9.78 Å². The second-order valence-corrected chi connectivity index (χ2v) is 5.51. The smallest absolute Gasteiger partial charge is 0.159 e.